The first-order chi connectivity index (χ1) is 10.8. The highest BCUT2D eigenvalue weighted by atomic mass is 15.2. The Hall–Kier alpha value is -2.20. The van der Waals surface area contributed by atoms with Crippen molar-refractivity contribution in [2.75, 3.05) is 6.54 Å². The standard InChI is InChI=1S/C18H20N4/c1-13-11-20-21-18(13)17-8-4-10-22(17)12-14-5-2-7-16-15(14)6-3-9-19-16/h2-3,5-7,9,11,17H,4,8,10,12H2,1H3,(H,20,21)/t17-/m1/s1. The Bertz CT molecular complexity index is 787. The molecule has 1 aliphatic rings. The van der Waals surface area contributed by atoms with Crippen LogP contribution in [0.25, 0.3) is 10.9 Å². The van der Waals surface area contributed by atoms with Crippen molar-refractivity contribution in [2.24, 2.45) is 0 Å². The average molecular weight is 292 g/mol. The van der Waals surface area contributed by atoms with Gasteiger partial charge in [0, 0.05) is 18.1 Å². The van der Waals surface area contributed by atoms with E-state index in [0.717, 1.165) is 18.6 Å². The van der Waals surface area contributed by atoms with E-state index in [1.165, 1.54) is 35.0 Å². The summed E-state index contributed by atoms with van der Waals surface area (Å²) >= 11 is 0. The van der Waals surface area contributed by atoms with Crippen LogP contribution in [0.1, 0.15) is 35.7 Å². The van der Waals surface area contributed by atoms with Crippen LogP contribution in [0.2, 0.25) is 0 Å². The summed E-state index contributed by atoms with van der Waals surface area (Å²) in [6.45, 7) is 4.24. The third kappa shape index (κ3) is 2.29. The van der Waals surface area contributed by atoms with Gasteiger partial charge in [0.1, 0.15) is 0 Å². The zero-order valence-corrected chi connectivity index (χ0v) is 12.8. The number of aromatic amines is 1. The Morgan fingerprint density at radius 2 is 2.23 bits per heavy atom. The molecule has 0 spiro atoms. The second kappa shape index (κ2) is 5.54. The largest absolute Gasteiger partial charge is 0.291 e. The summed E-state index contributed by atoms with van der Waals surface area (Å²) in [5.41, 5.74) is 4.97. The molecule has 3 aromatic rings. The summed E-state index contributed by atoms with van der Waals surface area (Å²) in [5.74, 6) is 0. The minimum atomic E-state index is 0.453. The molecule has 22 heavy (non-hydrogen) atoms. The highest BCUT2D eigenvalue weighted by molar-refractivity contribution is 5.81. The number of hydrogen-bond acceptors (Lipinski definition) is 3. The fourth-order valence-electron chi connectivity index (χ4n) is 3.56. The van der Waals surface area contributed by atoms with Gasteiger partial charge < -0.3 is 0 Å². The van der Waals surface area contributed by atoms with E-state index in [-0.39, 0.29) is 0 Å². The first-order valence-corrected chi connectivity index (χ1v) is 7.89. The molecule has 0 saturated carbocycles. The molecule has 1 atom stereocenters. The number of rotatable bonds is 3. The molecule has 112 valence electrons. The van der Waals surface area contributed by atoms with E-state index >= 15 is 0 Å². The Balaban J connectivity index is 1.66. The number of aryl methyl sites for hydroxylation is 1. The van der Waals surface area contributed by atoms with Crippen LogP contribution in [0.3, 0.4) is 0 Å². The summed E-state index contributed by atoms with van der Waals surface area (Å²) in [5, 5.41) is 8.65. The number of fused-ring (bicyclic) bond motifs is 1. The van der Waals surface area contributed by atoms with Crippen LogP contribution in [0.15, 0.2) is 42.7 Å². The molecule has 1 fully saturated rings. The van der Waals surface area contributed by atoms with Gasteiger partial charge in [0.15, 0.2) is 0 Å². The van der Waals surface area contributed by atoms with Crippen LogP contribution in [0.5, 0.6) is 0 Å². The Morgan fingerprint density at radius 3 is 3.09 bits per heavy atom. The van der Waals surface area contributed by atoms with Crippen molar-refractivity contribution in [1.82, 2.24) is 20.1 Å². The normalized spacial score (nSPS) is 19.0. The Labute approximate surface area is 130 Å². The number of aromatic nitrogens is 3. The number of likely N-dealkylation sites (tertiary alicyclic amines) is 1. The number of pyridine rings is 1. The fraction of sp³-hybridized carbons (Fsp3) is 0.333. The highest BCUT2D eigenvalue weighted by Gasteiger charge is 2.28. The average Bonchev–Trinajstić information content (AvgIpc) is 3.16. The smallest absolute Gasteiger partial charge is 0.0705 e. The van der Waals surface area contributed by atoms with Crippen molar-refractivity contribution < 1.29 is 0 Å². The van der Waals surface area contributed by atoms with Gasteiger partial charge >= 0.3 is 0 Å². The van der Waals surface area contributed by atoms with E-state index in [1.807, 2.05) is 18.5 Å². The first kappa shape index (κ1) is 13.5. The van der Waals surface area contributed by atoms with Gasteiger partial charge in [-0.1, -0.05) is 18.2 Å². The maximum absolute atomic E-state index is 4.46. The Kier molecular flexibility index (Phi) is 3.39. The lowest BCUT2D eigenvalue weighted by Crippen LogP contribution is -2.23. The zero-order valence-electron chi connectivity index (χ0n) is 12.8. The number of H-pyrrole nitrogens is 1. The molecule has 1 aromatic carbocycles. The number of nitrogens with one attached hydrogen (secondary N) is 1. The molecule has 3 heterocycles. The summed E-state index contributed by atoms with van der Waals surface area (Å²) in [4.78, 5) is 7.02. The third-order valence-electron chi connectivity index (χ3n) is 4.67. The minimum absolute atomic E-state index is 0.453. The fourth-order valence-corrected chi connectivity index (χ4v) is 3.56. The molecule has 4 nitrogen and oxygen atoms in total. The second-order valence-corrected chi connectivity index (χ2v) is 6.08. The molecule has 0 amide bonds. The van der Waals surface area contributed by atoms with Gasteiger partial charge in [0.2, 0.25) is 0 Å². The van der Waals surface area contributed by atoms with Crippen molar-refractivity contribution in [2.45, 2.75) is 32.4 Å². The molecular formula is C18H20N4. The van der Waals surface area contributed by atoms with E-state index in [1.54, 1.807) is 0 Å². The van der Waals surface area contributed by atoms with E-state index in [0.29, 0.717) is 6.04 Å². The zero-order chi connectivity index (χ0) is 14.9. The van der Waals surface area contributed by atoms with E-state index < -0.39 is 0 Å². The van der Waals surface area contributed by atoms with Crippen LogP contribution in [-0.4, -0.2) is 26.6 Å². The van der Waals surface area contributed by atoms with Crippen molar-refractivity contribution in [3.05, 3.63) is 59.5 Å². The van der Waals surface area contributed by atoms with Crippen molar-refractivity contribution >= 4 is 10.9 Å². The number of hydrogen-bond donors (Lipinski definition) is 1. The van der Waals surface area contributed by atoms with E-state index in [2.05, 4.69) is 51.3 Å². The van der Waals surface area contributed by atoms with Crippen molar-refractivity contribution in [3.63, 3.8) is 0 Å². The van der Waals surface area contributed by atoms with Gasteiger partial charge in [-0.05, 0) is 49.6 Å². The predicted molar refractivity (Wildman–Crippen MR) is 87.5 cm³/mol. The van der Waals surface area contributed by atoms with Gasteiger partial charge in [-0.15, -0.1) is 0 Å². The second-order valence-electron chi connectivity index (χ2n) is 6.08. The minimum Gasteiger partial charge on any atom is -0.291 e. The quantitative estimate of drug-likeness (QED) is 0.802. The highest BCUT2D eigenvalue weighted by Crippen LogP contribution is 2.34. The van der Waals surface area contributed by atoms with Crippen LogP contribution >= 0.6 is 0 Å². The van der Waals surface area contributed by atoms with Crippen molar-refractivity contribution in [1.29, 1.82) is 0 Å². The lowest BCUT2D eigenvalue weighted by atomic mass is 10.1. The predicted octanol–water partition coefficient (Wildman–Crippen LogP) is 3.60. The number of benzene rings is 1. The monoisotopic (exact) mass is 292 g/mol. The topological polar surface area (TPSA) is 44.8 Å². The maximum atomic E-state index is 4.46. The van der Waals surface area contributed by atoms with Gasteiger partial charge in [0.25, 0.3) is 0 Å². The molecule has 1 aliphatic heterocycles. The van der Waals surface area contributed by atoms with Crippen LogP contribution in [0.4, 0.5) is 0 Å². The van der Waals surface area contributed by atoms with E-state index in [9.17, 15) is 0 Å². The summed E-state index contributed by atoms with van der Waals surface area (Å²) in [7, 11) is 0. The molecule has 0 unspecified atom stereocenters. The SMILES string of the molecule is Cc1cn[nH]c1[C@H]1CCCN1Cc1cccc2ncccc12. The molecule has 0 radical (unpaired) electrons. The Morgan fingerprint density at radius 1 is 1.27 bits per heavy atom. The third-order valence-corrected chi connectivity index (χ3v) is 4.67. The van der Waals surface area contributed by atoms with Crippen LogP contribution in [-0.2, 0) is 6.54 Å². The molecule has 4 heteroatoms. The van der Waals surface area contributed by atoms with Gasteiger partial charge in [-0.25, -0.2) is 0 Å². The molecular weight excluding hydrogens is 272 g/mol. The maximum Gasteiger partial charge on any atom is 0.0705 e. The number of nitrogens with zero attached hydrogens (tertiary/aromatic N) is 3. The molecule has 1 N–H and O–H groups in total. The molecule has 2 aromatic heterocycles. The van der Waals surface area contributed by atoms with Gasteiger partial charge in [-0.3, -0.25) is 15.0 Å². The van der Waals surface area contributed by atoms with Crippen molar-refractivity contribution in [3.8, 4) is 0 Å². The van der Waals surface area contributed by atoms with Gasteiger partial charge in [0.05, 0.1) is 23.4 Å². The summed E-state index contributed by atoms with van der Waals surface area (Å²) in [6, 6.07) is 11.1. The first-order valence-electron chi connectivity index (χ1n) is 7.89. The molecule has 0 bridgehead atoms. The molecule has 0 aliphatic carbocycles. The lowest BCUT2D eigenvalue weighted by molar-refractivity contribution is 0.244. The summed E-state index contributed by atoms with van der Waals surface area (Å²) in [6.07, 6.45) is 6.23. The van der Waals surface area contributed by atoms with Crippen LogP contribution < -0.4 is 0 Å². The molecule has 4 rings (SSSR count). The lowest BCUT2D eigenvalue weighted by Gasteiger charge is -2.24. The summed E-state index contributed by atoms with van der Waals surface area (Å²) < 4.78 is 0. The van der Waals surface area contributed by atoms with Crippen LogP contribution in [0, 0.1) is 6.92 Å². The van der Waals surface area contributed by atoms with Gasteiger partial charge in [-0.2, -0.15) is 5.10 Å². The van der Waals surface area contributed by atoms with E-state index in [4.69, 9.17) is 0 Å². The molecule has 1 saturated heterocycles.